The van der Waals surface area contributed by atoms with Crippen molar-refractivity contribution in [2.75, 3.05) is 6.61 Å². The van der Waals surface area contributed by atoms with Gasteiger partial charge < -0.3 is 14.0 Å². The van der Waals surface area contributed by atoms with Crippen molar-refractivity contribution in [2.45, 2.75) is 148 Å². The molecule has 0 amide bonds. The van der Waals surface area contributed by atoms with E-state index in [2.05, 4.69) is 80.7 Å². The average Bonchev–Trinajstić information content (AvgIpc) is 3.06. The Morgan fingerprint density at radius 1 is 0.889 bits per heavy atom. The van der Waals surface area contributed by atoms with Crippen LogP contribution in [0.3, 0.4) is 0 Å². The Balaban J connectivity index is 1.61. The van der Waals surface area contributed by atoms with Crippen molar-refractivity contribution in [2.24, 2.45) is 28.6 Å². The molecular formula is C31H58O3Si2. The highest BCUT2D eigenvalue weighted by Crippen LogP contribution is 2.66. The molecule has 4 rings (SSSR count). The zero-order valence-electron chi connectivity index (χ0n) is 25.6. The lowest BCUT2D eigenvalue weighted by Crippen LogP contribution is -2.56. The van der Waals surface area contributed by atoms with E-state index >= 15 is 0 Å². The van der Waals surface area contributed by atoms with Gasteiger partial charge in [0, 0.05) is 12.0 Å². The van der Waals surface area contributed by atoms with Crippen LogP contribution in [0, 0.1) is 28.6 Å². The summed E-state index contributed by atoms with van der Waals surface area (Å²) >= 11 is 0. The van der Waals surface area contributed by atoms with Gasteiger partial charge in [0.15, 0.2) is 16.6 Å². The summed E-state index contributed by atoms with van der Waals surface area (Å²) in [5.41, 5.74) is 1.98. The van der Waals surface area contributed by atoms with Crippen LogP contribution in [-0.4, -0.2) is 40.6 Å². The standard InChI is InChI=1S/C31H58O3Si2/c1-28(2,3)35(8,9)33-21-31-19-16-23(32)20-22(31)12-13-24-25-14-15-27(30(25,7)18-17-26(24)31)34-36(10,11)29(4,5)6/h12,23-27,32H,13-21H2,1-11H3/t23?,24-,25-,26-,27-,30-,31+/m0/s1. The van der Waals surface area contributed by atoms with Gasteiger partial charge in [-0.2, -0.15) is 0 Å². The van der Waals surface area contributed by atoms with Crippen LogP contribution in [0.4, 0.5) is 0 Å². The van der Waals surface area contributed by atoms with Crippen molar-refractivity contribution >= 4 is 16.6 Å². The lowest BCUT2D eigenvalue weighted by molar-refractivity contribution is -0.0847. The summed E-state index contributed by atoms with van der Waals surface area (Å²) in [6.07, 6.45) is 12.1. The van der Waals surface area contributed by atoms with E-state index in [4.69, 9.17) is 8.85 Å². The second kappa shape index (κ2) is 9.32. The third kappa shape index (κ3) is 4.80. The van der Waals surface area contributed by atoms with Crippen LogP contribution in [-0.2, 0) is 8.85 Å². The first-order chi connectivity index (χ1) is 16.3. The molecule has 1 unspecified atom stereocenters. The summed E-state index contributed by atoms with van der Waals surface area (Å²) in [5, 5.41) is 11.1. The normalized spacial score (nSPS) is 39.8. The monoisotopic (exact) mass is 534 g/mol. The largest absolute Gasteiger partial charge is 0.416 e. The first-order valence-electron chi connectivity index (χ1n) is 15.0. The number of fused-ring (bicyclic) bond motifs is 5. The van der Waals surface area contributed by atoms with E-state index < -0.39 is 16.6 Å². The number of hydrogen-bond donors (Lipinski definition) is 1. The minimum atomic E-state index is -1.85. The van der Waals surface area contributed by atoms with Gasteiger partial charge in [-0.25, -0.2) is 0 Å². The van der Waals surface area contributed by atoms with Gasteiger partial charge in [-0.05, 0) is 111 Å². The number of aliphatic hydroxyl groups is 1. The molecule has 0 aromatic heterocycles. The summed E-state index contributed by atoms with van der Waals surface area (Å²) in [4.78, 5) is 0. The van der Waals surface area contributed by atoms with Gasteiger partial charge in [-0.3, -0.25) is 0 Å². The molecule has 0 saturated heterocycles. The van der Waals surface area contributed by atoms with Crippen molar-refractivity contribution in [1.29, 1.82) is 0 Å². The first-order valence-corrected chi connectivity index (χ1v) is 20.9. The summed E-state index contributed by atoms with van der Waals surface area (Å²) in [6, 6.07) is 0. The van der Waals surface area contributed by atoms with E-state index in [1.54, 1.807) is 0 Å². The van der Waals surface area contributed by atoms with Crippen LogP contribution < -0.4 is 0 Å². The first kappa shape index (κ1) is 29.0. The Morgan fingerprint density at radius 3 is 2.14 bits per heavy atom. The molecule has 3 saturated carbocycles. The van der Waals surface area contributed by atoms with E-state index in [0.717, 1.165) is 37.7 Å². The lowest BCUT2D eigenvalue weighted by atomic mass is 9.47. The van der Waals surface area contributed by atoms with Crippen LogP contribution >= 0.6 is 0 Å². The van der Waals surface area contributed by atoms with Crippen LogP contribution in [0.25, 0.3) is 0 Å². The number of aliphatic hydroxyl groups excluding tert-OH is 1. The van der Waals surface area contributed by atoms with E-state index in [-0.39, 0.29) is 21.6 Å². The van der Waals surface area contributed by atoms with Crippen molar-refractivity contribution < 1.29 is 14.0 Å². The molecule has 3 nitrogen and oxygen atoms in total. The highest BCUT2D eigenvalue weighted by Gasteiger charge is 2.61. The SMILES string of the molecule is CC(C)(C)[Si](C)(C)OC[C@]12CCC(O)CC1=CC[C@@H]1[C@@H]2CC[C@]2(C)[C@@H](O[Si](C)(C)C(C)(C)C)CC[C@@H]12. The second-order valence-electron chi connectivity index (χ2n) is 16.4. The minimum Gasteiger partial charge on any atom is -0.416 e. The lowest BCUT2D eigenvalue weighted by Gasteiger charge is -2.59. The zero-order chi connectivity index (χ0) is 26.9. The van der Waals surface area contributed by atoms with Gasteiger partial charge in [-0.1, -0.05) is 60.1 Å². The predicted molar refractivity (Wildman–Crippen MR) is 157 cm³/mol. The minimum absolute atomic E-state index is 0.136. The van der Waals surface area contributed by atoms with Crippen LogP contribution in [0.5, 0.6) is 0 Å². The fourth-order valence-corrected chi connectivity index (χ4v) is 10.4. The molecule has 0 bridgehead atoms. The zero-order valence-corrected chi connectivity index (χ0v) is 27.6. The summed E-state index contributed by atoms with van der Waals surface area (Å²) in [7, 11) is -3.64. The average molecular weight is 535 g/mol. The molecule has 0 aromatic carbocycles. The molecule has 0 spiro atoms. The maximum Gasteiger partial charge on any atom is 0.192 e. The maximum atomic E-state index is 10.6. The van der Waals surface area contributed by atoms with E-state index in [1.165, 1.54) is 37.7 Å². The Labute approximate surface area is 225 Å². The van der Waals surface area contributed by atoms with Crippen LogP contribution in [0.2, 0.25) is 36.3 Å². The molecule has 4 aliphatic rings. The third-order valence-corrected chi connectivity index (χ3v) is 21.4. The highest BCUT2D eigenvalue weighted by atomic mass is 28.4. The molecular weight excluding hydrogens is 477 g/mol. The quantitative estimate of drug-likeness (QED) is 0.283. The maximum absolute atomic E-state index is 10.6. The molecule has 1 N–H and O–H groups in total. The van der Waals surface area contributed by atoms with Crippen molar-refractivity contribution in [3.8, 4) is 0 Å². The molecule has 4 aliphatic carbocycles. The molecule has 208 valence electrons. The van der Waals surface area contributed by atoms with Gasteiger partial charge in [0.1, 0.15) is 0 Å². The second-order valence-corrected chi connectivity index (χ2v) is 26.0. The van der Waals surface area contributed by atoms with Crippen molar-refractivity contribution in [1.82, 2.24) is 0 Å². The van der Waals surface area contributed by atoms with Gasteiger partial charge in [0.2, 0.25) is 0 Å². The van der Waals surface area contributed by atoms with E-state index in [9.17, 15) is 5.11 Å². The molecule has 0 aromatic rings. The molecule has 3 fully saturated rings. The number of rotatable bonds is 5. The van der Waals surface area contributed by atoms with Gasteiger partial charge >= 0.3 is 0 Å². The molecule has 5 heteroatoms. The van der Waals surface area contributed by atoms with Gasteiger partial charge in [0.25, 0.3) is 0 Å². The Morgan fingerprint density at radius 2 is 1.53 bits per heavy atom. The predicted octanol–water partition coefficient (Wildman–Crippen LogP) is 8.70. The van der Waals surface area contributed by atoms with E-state index in [1.807, 2.05) is 0 Å². The number of hydrogen-bond acceptors (Lipinski definition) is 3. The Bertz CT molecular complexity index is 851. The van der Waals surface area contributed by atoms with Gasteiger partial charge in [0.05, 0.1) is 12.2 Å². The Hall–Kier alpha value is 0.0538. The van der Waals surface area contributed by atoms with E-state index in [0.29, 0.717) is 17.4 Å². The molecule has 7 atom stereocenters. The van der Waals surface area contributed by atoms with Gasteiger partial charge in [-0.15, -0.1) is 0 Å². The Kier molecular flexibility index (Phi) is 7.52. The summed E-state index contributed by atoms with van der Waals surface area (Å²) in [5.74, 6) is 2.18. The highest BCUT2D eigenvalue weighted by molar-refractivity contribution is 6.74. The van der Waals surface area contributed by atoms with Crippen LogP contribution in [0.15, 0.2) is 11.6 Å². The molecule has 0 aliphatic heterocycles. The fourth-order valence-electron chi connectivity index (χ4n) is 7.91. The topological polar surface area (TPSA) is 38.7 Å². The van der Waals surface area contributed by atoms with Crippen LogP contribution in [0.1, 0.15) is 99.8 Å². The summed E-state index contributed by atoms with van der Waals surface area (Å²) in [6.45, 7) is 27.3. The smallest absolute Gasteiger partial charge is 0.192 e. The third-order valence-electron chi connectivity index (χ3n) is 12.5. The molecule has 0 heterocycles. The fraction of sp³-hybridized carbons (Fsp3) is 0.935. The van der Waals surface area contributed by atoms with Crippen molar-refractivity contribution in [3.05, 3.63) is 11.6 Å². The molecule has 36 heavy (non-hydrogen) atoms. The van der Waals surface area contributed by atoms with Crippen molar-refractivity contribution in [3.63, 3.8) is 0 Å². The number of allylic oxidation sites excluding steroid dienone is 1. The summed E-state index contributed by atoms with van der Waals surface area (Å²) < 4.78 is 14.2. The molecule has 0 radical (unpaired) electrons.